The van der Waals surface area contributed by atoms with Gasteiger partial charge in [-0.1, -0.05) is 0 Å². The van der Waals surface area contributed by atoms with E-state index in [1.807, 2.05) is 0 Å². The van der Waals surface area contributed by atoms with Crippen LogP contribution < -0.4 is 0 Å². The van der Waals surface area contributed by atoms with Crippen molar-refractivity contribution in [2.45, 2.75) is 0 Å². The normalized spacial score (nSPS) is 10.2. The fourth-order valence-electron chi connectivity index (χ4n) is 1.27. The Balaban J connectivity index is 2.29. The molecule has 0 unspecified atom stereocenters. The molecule has 0 atom stereocenters. The van der Waals surface area contributed by atoms with Crippen molar-refractivity contribution in [3.8, 4) is 0 Å². The number of carboxylic acid groups (broad SMARTS) is 2. The zero-order chi connectivity index (χ0) is 13.3. The van der Waals surface area contributed by atoms with Crippen molar-refractivity contribution in [1.29, 1.82) is 0 Å². The van der Waals surface area contributed by atoms with Crippen LogP contribution in [0.5, 0.6) is 0 Å². The van der Waals surface area contributed by atoms with E-state index in [2.05, 4.69) is 0 Å². The molecule has 92 valence electrons. The van der Waals surface area contributed by atoms with Crippen LogP contribution in [0.4, 0.5) is 0 Å². The number of aromatic carboxylic acids is 2. The Bertz CT molecular complexity index is 583. The first kappa shape index (κ1) is 12.5. The Morgan fingerprint density at radius 3 is 1.33 bits per heavy atom. The van der Waals surface area contributed by atoms with Gasteiger partial charge in [-0.15, -0.1) is 22.7 Å². The van der Waals surface area contributed by atoms with E-state index in [9.17, 15) is 14.4 Å². The average Bonchev–Trinajstić information content (AvgIpc) is 2.97. The monoisotopic (exact) mass is 282 g/mol. The SMILES string of the molecule is O=C(O)c1ccc(C(=O)c2ccc(C(=O)O)s2)s1. The van der Waals surface area contributed by atoms with Gasteiger partial charge in [0.15, 0.2) is 0 Å². The van der Waals surface area contributed by atoms with Crippen LogP contribution >= 0.6 is 22.7 Å². The highest BCUT2D eigenvalue weighted by atomic mass is 32.1. The van der Waals surface area contributed by atoms with Crippen LogP contribution in [0, 0.1) is 0 Å². The summed E-state index contributed by atoms with van der Waals surface area (Å²) in [5.74, 6) is -2.53. The fraction of sp³-hybridized carbons (Fsp3) is 0. The summed E-state index contributed by atoms with van der Waals surface area (Å²) in [4.78, 5) is 34.1. The van der Waals surface area contributed by atoms with Crippen molar-refractivity contribution in [3.05, 3.63) is 43.8 Å². The zero-order valence-electron chi connectivity index (χ0n) is 8.75. The smallest absolute Gasteiger partial charge is 0.345 e. The Morgan fingerprint density at radius 2 is 1.06 bits per heavy atom. The van der Waals surface area contributed by atoms with Crippen LogP contribution in [0.3, 0.4) is 0 Å². The van der Waals surface area contributed by atoms with Gasteiger partial charge in [0.05, 0.1) is 9.75 Å². The molecule has 0 spiro atoms. The van der Waals surface area contributed by atoms with Crippen molar-refractivity contribution in [2.75, 3.05) is 0 Å². The van der Waals surface area contributed by atoms with E-state index in [0.717, 1.165) is 22.7 Å². The molecule has 18 heavy (non-hydrogen) atoms. The molecular formula is C11H6O5S2. The Kier molecular flexibility index (Phi) is 3.26. The zero-order valence-corrected chi connectivity index (χ0v) is 10.4. The van der Waals surface area contributed by atoms with Crippen molar-refractivity contribution in [3.63, 3.8) is 0 Å². The Hall–Kier alpha value is -1.99. The average molecular weight is 282 g/mol. The highest BCUT2D eigenvalue weighted by Gasteiger charge is 2.17. The minimum atomic E-state index is -1.09. The van der Waals surface area contributed by atoms with Crippen LogP contribution in [-0.4, -0.2) is 27.9 Å². The molecule has 2 rings (SSSR count). The van der Waals surface area contributed by atoms with E-state index < -0.39 is 11.9 Å². The number of ketones is 1. The third-order valence-corrected chi connectivity index (χ3v) is 4.23. The lowest BCUT2D eigenvalue weighted by atomic mass is 10.2. The van der Waals surface area contributed by atoms with Gasteiger partial charge in [-0.05, 0) is 24.3 Å². The van der Waals surface area contributed by atoms with E-state index >= 15 is 0 Å². The van der Waals surface area contributed by atoms with Crippen molar-refractivity contribution < 1.29 is 24.6 Å². The molecule has 0 aliphatic rings. The van der Waals surface area contributed by atoms with Gasteiger partial charge in [-0.3, -0.25) is 4.79 Å². The molecule has 5 nitrogen and oxygen atoms in total. The lowest BCUT2D eigenvalue weighted by molar-refractivity contribution is 0.0691. The van der Waals surface area contributed by atoms with Crippen molar-refractivity contribution in [2.24, 2.45) is 0 Å². The summed E-state index contributed by atoms with van der Waals surface area (Å²) in [7, 11) is 0. The van der Waals surface area contributed by atoms with Gasteiger partial charge in [0.2, 0.25) is 5.78 Å². The van der Waals surface area contributed by atoms with E-state index in [0.29, 0.717) is 0 Å². The number of thiophene rings is 2. The van der Waals surface area contributed by atoms with E-state index in [1.165, 1.54) is 24.3 Å². The maximum atomic E-state index is 12.0. The highest BCUT2D eigenvalue weighted by molar-refractivity contribution is 7.19. The van der Waals surface area contributed by atoms with Crippen molar-refractivity contribution in [1.82, 2.24) is 0 Å². The molecule has 2 aromatic rings. The van der Waals surface area contributed by atoms with E-state index in [4.69, 9.17) is 10.2 Å². The van der Waals surface area contributed by atoms with Crippen LogP contribution in [0.1, 0.15) is 33.9 Å². The molecule has 0 amide bonds. The summed E-state index contributed by atoms with van der Waals surface area (Å²) >= 11 is 1.74. The second-order valence-electron chi connectivity index (χ2n) is 3.27. The van der Waals surface area contributed by atoms with Gasteiger partial charge in [0.25, 0.3) is 0 Å². The summed E-state index contributed by atoms with van der Waals surface area (Å²) in [6.45, 7) is 0. The lowest BCUT2D eigenvalue weighted by Crippen LogP contribution is -1.95. The van der Waals surface area contributed by atoms with E-state index in [1.54, 1.807) is 0 Å². The predicted molar refractivity (Wildman–Crippen MR) is 66.0 cm³/mol. The molecule has 0 aromatic carbocycles. The van der Waals surface area contributed by atoms with Gasteiger partial charge in [0, 0.05) is 0 Å². The molecule has 0 saturated heterocycles. The minimum Gasteiger partial charge on any atom is -0.477 e. The first-order chi connectivity index (χ1) is 8.49. The fourth-order valence-corrected chi connectivity index (χ4v) is 2.93. The maximum Gasteiger partial charge on any atom is 0.345 e. The van der Waals surface area contributed by atoms with Crippen LogP contribution in [0.25, 0.3) is 0 Å². The Labute approximate surface area is 109 Å². The topological polar surface area (TPSA) is 91.7 Å². The molecule has 0 fully saturated rings. The minimum absolute atomic E-state index is 0.0772. The quantitative estimate of drug-likeness (QED) is 0.840. The molecule has 0 bridgehead atoms. The molecule has 0 saturated carbocycles. The van der Waals surface area contributed by atoms with Crippen LogP contribution in [-0.2, 0) is 0 Å². The maximum absolute atomic E-state index is 12.0. The molecule has 2 N–H and O–H groups in total. The highest BCUT2D eigenvalue weighted by Crippen LogP contribution is 2.24. The molecule has 0 aliphatic heterocycles. The standard InChI is InChI=1S/C11H6O5S2/c12-9(5-1-3-7(17-5)10(13)14)6-2-4-8(18-6)11(15)16/h1-4H,(H,13,14)(H,15,16). The van der Waals surface area contributed by atoms with Gasteiger partial charge in [0.1, 0.15) is 9.75 Å². The summed E-state index contributed by atoms with van der Waals surface area (Å²) in [6.07, 6.45) is 0. The first-order valence-corrected chi connectivity index (χ1v) is 6.33. The van der Waals surface area contributed by atoms with Gasteiger partial charge in [-0.25, -0.2) is 9.59 Å². The number of carboxylic acids is 2. The number of carbonyl (C=O) groups excluding carboxylic acids is 1. The number of carbonyl (C=O) groups is 3. The van der Waals surface area contributed by atoms with Crippen LogP contribution in [0.2, 0.25) is 0 Å². The molecular weight excluding hydrogens is 276 g/mol. The number of rotatable bonds is 4. The third kappa shape index (κ3) is 2.31. The third-order valence-electron chi connectivity index (χ3n) is 2.08. The summed E-state index contributed by atoms with van der Waals surface area (Å²) in [5.41, 5.74) is 0. The summed E-state index contributed by atoms with van der Waals surface area (Å²) in [5, 5.41) is 17.5. The van der Waals surface area contributed by atoms with Gasteiger partial charge >= 0.3 is 11.9 Å². The number of hydrogen-bond acceptors (Lipinski definition) is 5. The predicted octanol–water partition coefficient (Wildman–Crippen LogP) is 2.44. The first-order valence-electron chi connectivity index (χ1n) is 4.70. The summed E-state index contributed by atoms with van der Waals surface area (Å²) in [6, 6.07) is 5.56. The second kappa shape index (κ2) is 4.71. The summed E-state index contributed by atoms with van der Waals surface area (Å²) < 4.78 is 0. The molecule has 0 radical (unpaired) electrons. The Morgan fingerprint density at radius 1 is 0.722 bits per heavy atom. The largest absolute Gasteiger partial charge is 0.477 e. The second-order valence-corrected chi connectivity index (χ2v) is 5.43. The number of hydrogen-bond donors (Lipinski definition) is 2. The van der Waals surface area contributed by atoms with Gasteiger partial charge < -0.3 is 10.2 Å². The molecule has 2 aromatic heterocycles. The lowest BCUT2D eigenvalue weighted by Gasteiger charge is -1.91. The van der Waals surface area contributed by atoms with E-state index in [-0.39, 0.29) is 25.3 Å². The molecule has 7 heteroatoms. The van der Waals surface area contributed by atoms with Crippen LogP contribution in [0.15, 0.2) is 24.3 Å². The van der Waals surface area contributed by atoms with Crippen molar-refractivity contribution >= 4 is 40.4 Å². The molecule has 2 heterocycles. The van der Waals surface area contributed by atoms with Gasteiger partial charge in [-0.2, -0.15) is 0 Å². The molecule has 0 aliphatic carbocycles.